The second-order valence-corrected chi connectivity index (χ2v) is 9.48. The third-order valence-electron chi connectivity index (χ3n) is 5.41. The molecule has 1 aromatic rings. The molecule has 0 saturated carbocycles. The van der Waals surface area contributed by atoms with Gasteiger partial charge in [0.05, 0.1) is 13.2 Å². The van der Waals surface area contributed by atoms with E-state index < -0.39 is 23.6 Å². The highest BCUT2D eigenvalue weighted by atomic mass is 16.6. The second-order valence-electron chi connectivity index (χ2n) is 9.48. The van der Waals surface area contributed by atoms with Crippen LogP contribution in [0.2, 0.25) is 0 Å². The van der Waals surface area contributed by atoms with E-state index >= 15 is 0 Å². The van der Waals surface area contributed by atoms with Crippen LogP contribution in [0.5, 0.6) is 5.75 Å². The molecule has 1 amide bonds. The van der Waals surface area contributed by atoms with E-state index in [4.69, 9.17) is 25.1 Å². The number of ether oxygens (including phenoxy) is 3. The molecule has 0 aliphatic carbocycles. The molecule has 0 bridgehead atoms. The molecular weight excluding hydrogens is 468 g/mol. The van der Waals surface area contributed by atoms with Gasteiger partial charge >= 0.3 is 18.0 Å². The van der Waals surface area contributed by atoms with Gasteiger partial charge in [-0.05, 0) is 65.5 Å². The van der Waals surface area contributed by atoms with Gasteiger partial charge in [0, 0.05) is 30.6 Å². The molecule has 0 saturated heterocycles. The molecule has 10 nitrogen and oxygen atoms in total. The van der Waals surface area contributed by atoms with Crippen molar-refractivity contribution < 1.29 is 38.8 Å². The number of nitrogens with one attached hydrogen (secondary N) is 1. The topological polar surface area (TPSA) is 157 Å². The smallest absolute Gasteiger partial charge is 0.407 e. The molecule has 0 spiro atoms. The van der Waals surface area contributed by atoms with Crippen LogP contribution in [-0.2, 0) is 32.0 Å². The normalized spacial score (nSPS) is 12.9. The number of phenolic OH excluding ortho intramolecular Hbond substituents is 1. The average Bonchev–Trinajstić information content (AvgIpc) is 3.17. The fraction of sp³-hybridized carbons (Fsp3) is 0.577. The second kappa shape index (κ2) is 14.4. The van der Waals surface area contributed by atoms with Gasteiger partial charge in [0.25, 0.3) is 0 Å². The van der Waals surface area contributed by atoms with Gasteiger partial charge < -0.3 is 35.5 Å². The van der Waals surface area contributed by atoms with E-state index in [0.717, 1.165) is 22.3 Å². The number of fused-ring (bicyclic) bond motifs is 1. The van der Waals surface area contributed by atoms with Gasteiger partial charge in [0.2, 0.25) is 0 Å². The fourth-order valence-corrected chi connectivity index (χ4v) is 3.38. The van der Waals surface area contributed by atoms with E-state index in [1.165, 1.54) is 0 Å². The predicted octanol–water partition coefficient (Wildman–Crippen LogP) is 3.52. The first-order valence-electron chi connectivity index (χ1n) is 11.9. The molecule has 1 heterocycles. The highest BCUT2D eigenvalue weighted by molar-refractivity contribution is 5.97. The number of carbonyl (C=O) groups is 3. The lowest BCUT2D eigenvalue weighted by atomic mass is 9.91. The average molecular weight is 509 g/mol. The Morgan fingerprint density at radius 1 is 1.17 bits per heavy atom. The molecule has 0 unspecified atom stereocenters. The van der Waals surface area contributed by atoms with E-state index in [2.05, 4.69) is 5.32 Å². The maximum absolute atomic E-state index is 11.8. The Hall–Kier alpha value is -3.11. The van der Waals surface area contributed by atoms with Crippen LogP contribution in [0.3, 0.4) is 0 Å². The van der Waals surface area contributed by atoms with Crippen molar-refractivity contribution in [1.82, 2.24) is 5.32 Å². The summed E-state index contributed by atoms with van der Waals surface area (Å²) < 4.78 is 15.1. The maximum atomic E-state index is 11.8. The molecule has 0 radical (unpaired) electrons. The third kappa shape index (κ3) is 10.2. The number of carboxylic acid groups (broad SMARTS) is 1. The number of hydrogen-bond donors (Lipinski definition) is 4. The number of nitrogens with two attached hydrogens (primary N) is 1. The van der Waals surface area contributed by atoms with Crippen LogP contribution in [-0.4, -0.2) is 60.1 Å². The number of esters is 1. The third-order valence-corrected chi connectivity index (χ3v) is 5.41. The van der Waals surface area contributed by atoms with Crippen molar-refractivity contribution >= 4 is 18.0 Å². The summed E-state index contributed by atoms with van der Waals surface area (Å²) in [6, 6.07) is 0. The first-order chi connectivity index (χ1) is 16.8. The van der Waals surface area contributed by atoms with Crippen LogP contribution in [0.15, 0.2) is 11.6 Å². The largest absolute Gasteiger partial charge is 0.507 e. The number of cyclic esters (lactones) is 1. The van der Waals surface area contributed by atoms with Crippen molar-refractivity contribution in [3.05, 3.63) is 39.5 Å². The van der Waals surface area contributed by atoms with Gasteiger partial charge in [-0.2, -0.15) is 0 Å². The van der Waals surface area contributed by atoms with Gasteiger partial charge in [-0.25, -0.2) is 9.59 Å². The van der Waals surface area contributed by atoms with Crippen LogP contribution in [0.4, 0.5) is 4.79 Å². The zero-order chi connectivity index (χ0) is 27.5. The van der Waals surface area contributed by atoms with Crippen molar-refractivity contribution in [2.24, 2.45) is 5.73 Å². The minimum absolute atomic E-state index is 0.0112. The molecule has 202 valence electrons. The summed E-state index contributed by atoms with van der Waals surface area (Å²) in [6.07, 6.45) is 2.50. The van der Waals surface area contributed by atoms with Gasteiger partial charge in [-0.3, -0.25) is 4.79 Å². The summed E-state index contributed by atoms with van der Waals surface area (Å²) in [4.78, 5) is 33.4. The zero-order valence-electron chi connectivity index (χ0n) is 22.2. The molecular formula is C26H40N2O8. The summed E-state index contributed by atoms with van der Waals surface area (Å²) in [5, 5.41) is 21.7. The van der Waals surface area contributed by atoms with E-state index in [0.29, 0.717) is 44.7 Å². The Kier molecular flexibility index (Phi) is 12.4. The molecule has 10 heteroatoms. The molecule has 0 atom stereocenters. The summed E-state index contributed by atoms with van der Waals surface area (Å²) in [6.45, 7) is 13.3. The van der Waals surface area contributed by atoms with E-state index in [1.54, 1.807) is 0 Å². The number of hydrogen-bond acceptors (Lipinski definition) is 8. The number of phenols is 1. The number of benzene rings is 1. The van der Waals surface area contributed by atoms with Crippen molar-refractivity contribution in [2.45, 2.75) is 73.0 Å². The van der Waals surface area contributed by atoms with E-state index in [-0.39, 0.29) is 24.3 Å². The van der Waals surface area contributed by atoms with Crippen molar-refractivity contribution in [1.29, 1.82) is 0 Å². The van der Waals surface area contributed by atoms with Crippen LogP contribution in [0.1, 0.15) is 73.1 Å². The molecule has 5 N–H and O–H groups in total. The number of alkyl carbamates (subject to hydrolysis) is 1. The summed E-state index contributed by atoms with van der Waals surface area (Å²) in [5.41, 5.74) is 9.34. The lowest BCUT2D eigenvalue weighted by Crippen LogP contribution is -2.34. The number of aliphatic carboxylic acids is 1. The monoisotopic (exact) mass is 508 g/mol. The van der Waals surface area contributed by atoms with Crippen molar-refractivity contribution in [2.75, 3.05) is 26.3 Å². The quantitative estimate of drug-likeness (QED) is 0.211. The standard InChI is InChI=1S/C17H20O5.C9H20N2O3/c1-9(5-7-14(18)19)4-6-12-10(2)11(3)13-8-22-17(21)15(13)16(12)20;1-9(2,3)14-8(12)11-5-7-13-6-4-10/h4,20H,5-8H2,1-3H3,(H,18,19);4-7,10H2,1-3H3,(H,11,12)/b9-4+;. The number of allylic oxidation sites excluding steroid dienone is 2. The van der Waals surface area contributed by atoms with Crippen molar-refractivity contribution in [3.8, 4) is 5.75 Å². The van der Waals surface area contributed by atoms with Gasteiger partial charge in [-0.1, -0.05) is 11.6 Å². The Labute approximate surface area is 212 Å². The van der Waals surface area contributed by atoms with Gasteiger partial charge in [0.15, 0.2) is 0 Å². The van der Waals surface area contributed by atoms with Crippen LogP contribution < -0.4 is 11.1 Å². The molecule has 1 aliphatic rings. The lowest BCUT2D eigenvalue weighted by Gasteiger charge is -2.19. The number of carbonyl (C=O) groups excluding carboxylic acids is 2. The summed E-state index contributed by atoms with van der Waals surface area (Å²) in [5.74, 6) is -1.32. The molecule has 36 heavy (non-hydrogen) atoms. The highest BCUT2D eigenvalue weighted by Gasteiger charge is 2.30. The van der Waals surface area contributed by atoms with Crippen LogP contribution >= 0.6 is 0 Å². The van der Waals surface area contributed by atoms with E-state index in [1.807, 2.05) is 47.6 Å². The van der Waals surface area contributed by atoms with E-state index in [9.17, 15) is 19.5 Å². The minimum atomic E-state index is -0.831. The number of carboxylic acids is 1. The van der Waals surface area contributed by atoms with Gasteiger partial charge in [0.1, 0.15) is 23.5 Å². The molecule has 1 aromatic carbocycles. The molecule has 0 fully saturated rings. The summed E-state index contributed by atoms with van der Waals surface area (Å²) in [7, 11) is 0. The molecule has 1 aliphatic heterocycles. The van der Waals surface area contributed by atoms with Crippen molar-refractivity contribution in [3.63, 3.8) is 0 Å². The zero-order valence-corrected chi connectivity index (χ0v) is 22.2. The predicted molar refractivity (Wildman–Crippen MR) is 135 cm³/mol. The SMILES string of the molecule is C/C(=C\Cc1c(C)c(C)c2c(c1O)C(=O)OC2)CCC(=O)O.CC(C)(C)OC(=O)NCCOCCN. The highest BCUT2D eigenvalue weighted by Crippen LogP contribution is 2.37. The number of amides is 1. The minimum Gasteiger partial charge on any atom is -0.507 e. The Bertz CT molecular complexity index is 964. The first-order valence-corrected chi connectivity index (χ1v) is 11.9. The maximum Gasteiger partial charge on any atom is 0.407 e. The summed E-state index contributed by atoms with van der Waals surface area (Å²) >= 11 is 0. The Morgan fingerprint density at radius 2 is 1.83 bits per heavy atom. The first kappa shape index (κ1) is 30.9. The number of aromatic hydroxyl groups is 1. The van der Waals surface area contributed by atoms with Gasteiger partial charge in [-0.15, -0.1) is 0 Å². The Balaban J connectivity index is 0.000000402. The fourth-order valence-electron chi connectivity index (χ4n) is 3.38. The Morgan fingerprint density at radius 3 is 2.42 bits per heavy atom. The molecule has 2 rings (SSSR count). The number of rotatable bonds is 10. The van der Waals surface area contributed by atoms with Crippen LogP contribution in [0.25, 0.3) is 0 Å². The molecule has 0 aromatic heterocycles. The van der Waals surface area contributed by atoms with Crippen LogP contribution in [0, 0.1) is 13.8 Å². The lowest BCUT2D eigenvalue weighted by molar-refractivity contribution is -0.136.